The van der Waals surface area contributed by atoms with Crippen molar-refractivity contribution in [1.82, 2.24) is 20.5 Å². The van der Waals surface area contributed by atoms with E-state index >= 15 is 0 Å². The first kappa shape index (κ1) is 18.7. The van der Waals surface area contributed by atoms with E-state index in [0.29, 0.717) is 12.2 Å². The van der Waals surface area contributed by atoms with Crippen molar-refractivity contribution in [2.75, 3.05) is 39.8 Å². The molecule has 0 radical (unpaired) electrons. The molecule has 2 heterocycles. The van der Waals surface area contributed by atoms with Crippen molar-refractivity contribution < 1.29 is 4.74 Å². The molecule has 0 amide bonds. The van der Waals surface area contributed by atoms with Crippen LogP contribution >= 0.6 is 0 Å². The summed E-state index contributed by atoms with van der Waals surface area (Å²) in [5, 5.41) is 6.71. The molecular formula is C18H31N5O. The summed E-state index contributed by atoms with van der Waals surface area (Å²) in [6, 6.07) is 6.00. The minimum atomic E-state index is 0.336. The average molecular weight is 333 g/mol. The number of ether oxygens (including phenoxy) is 1. The molecule has 0 saturated carbocycles. The molecule has 6 nitrogen and oxygen atoms in total. The van der Waals surface area contributed by atoms with E-state index in [1.54, 1.807) is 7.05 Å². The zero-order valence-electron chi connectivity index (χ0n) is 15.2. The summed E-state index contributed by atoms with van der Waals surface area (Å²) in [6.07, 6.45) is 4.49. The van der Waals surface area contributed by atoms with Crippen LogP contribution in [0.3, 0.4) is 0 Å². The molecule has 1 aliphatic heterocycles. The van der Waals surface area contributed by atoms with Gasteiger partial charge in [-0.3, -0.25) is 14.9 Å². The second-order valence-corrected chi connectivity index (χ2v) is 6.37. The first-order chi connectivity index (χ1) is 11.7. The van der Waals surface area contributed by atoms with Crippen LogP contribution in [-0.2, 0) is 11.2 Å². The second-order valence-electron chi connectivity index (χ2n) is 6.37. The van der Waals surface area contributed by atoms with Gasteiger partial charge in [-0.1, -0.05) is 6.07 Å². The Bertz CT molecular complexity index is 483. The standard InChI is InChI=1S/C18H31N5O/c1-15-13-23(14-16(2)24-15)12-6-10-21-18(19-3)22-11-8-17-7-4-5-9-20-17/h4-5,7,9,15-16H,6,8,10-14H2,1-3H3,(H2,19,21,22). The number of nitrogens with one attached hydrogen (secondary N) is 2. The van der Waals surface area contributed by atoms with Gasteiger partial charge in [0.2, 0.25) is 0 Å². The van der Waals surface area contributed by atoms with Crippen LogP contribution in [0.2, 0.25) is 0 Å². The van der Waals surface area contributed by atoms with Gasteiger partial charge in [0, 0.05) is 58.1 Å². The topological polar surface area (TPSA) is 61.8 Å². The largest absolute Gasteiger partial charge is 0.373 e. The minimum absolute atomic E-state index is 0.336. The molecule has 0 bridgehead atoms. The van der Waals surface area contributed by atoms with Gasteiger partial charge in [-0.15, -0.1) is 0 Å². The van der Waals surface area contributed by atoms with Crippen LogP contribution in [0.15, 0.2) is 29.4 Å². The van der Waals surface area contributed by atoms with Crippen molar-refractivity contribution in [3.63, 3.8) is 0 Å². The first-order valence-corrected chi connectivity index (χ1v) is 8.89. The number of aromatic nitrogens is 1. The highest BCUT2D eigenvalue weighted by atomic mass is 16.5. The molecule has 0 aliphatic carbocycles. The molecule has 24 heavy (non-hydrogen) atoms. The maximum absolute atomic E-state index is 5.77. The highest BCUT2D eigenvalue weighted by molar-refractivity contribution is 5.79. The third kappa shape index (κ3) is 6.84. The number of hydrogen-bond donors (Lipinski definition) is 2. The number of hydrogen-bond acceptors (Lipinski definition) is 4. The lowest BCUT2D eigenvalue weighted by molar-refractivity contribution is -0.0679. The number of morpholine rings is 1. The molecule has 1 saturated heterocycles. The molecule has 1 fully saturated rings. The third-order valence-electron chi connectivity index (χ3n) is 4.06. The molecule has 134 valence electrons. The van der Waals surface area contributed by atoms with Crippen molar-refractivity contribution in [2.24, 2.45) is 4.99 Å². The Balaban J connectivity index is 1.58. The number of pyridine rings is 1. The molecular weight excluding hydrogens is 302 g/mol. The summed E-state index contributed by atoms with van der Waals surface area (Å²) < 4.78 is 5.77. The third-order valence-corrected chi connectivity index (χ3v) is 4.06. The fourth-order valence-electron chi connectivity index (χ4n) is 3.05. The lowest BCUT2D eigenvalue weighted by atomic mass is 10.2. The highest BCUT2D eigenvalue weighted by Gasteiger charge is 2.21. The molecule has 2 unspecified atom stereocenters. The van der Waals surface area contributed by atoms with E-state index in [1.165, 1.54) is 0 Å². The van der Waals surface area contributed by atoms with Crippen molar-refractivity contribution in [2.45, 2.75) is 38.9 Å². The summed E-state index contributed by atoms with van der Waals surface area (Å²) >= 11 is 0. The van der Waals surface area contributed by atoms with Crippen LogP contribution in [0.4, 0.5) is 0 Å². The summed E-state index contributed by atoms with van der Waals surface area (Å²) in [5.74, 6) is 0.856. The van der Waals surface area contributed by atoms with E-state index in [0.717, 1.165) is 57.2 Å². The SMILES string of the molecule is CN=C(NCCCN1CC(C)OC(C)C1)NCCc1ccccn1. The van der Waals surface area contributed by atoms with Gasteiger partial charge in [0.15, 0.2) is 5.96 Å². The first-order valence-electron chi connectivity index (χ1n) is 8.89. The van der Waals surface area contributed by atoms with Crippen LogP contribution in [0, 0.1) is 0 Å². The van der Waals surface area contributed by atoms with Crippen LogP contribution in [0.5, 0.6) is 0 Å². The Hall–Kier alpha value is -1.66. The molecule has 0 spiro atoms. The van der Waals surface area contributed by atoms with E-state index < -0.39 is 0 Å². The van der Waals surface area contributed by atoms with Gasteiger partial charge in [0.05, 0.1) is 12.2 Å². The van der Waals surface area contributed by atoms with Gasteiger partial charge in [-0.05, 0) is 32.4 Å². The van der Waals surface area contributed by atoms with Crippen LogP contribution in [0.1, 0.15) is 26.0 Å². The number of nitrogens with zero attached hydrogens (tertiary/aromatic N) is 3. The molecule has 1 aromatic heterocycles. The van der Waals surface area contributed by atoms with Crippen LogP contribution < -0.4 is 10.6 Å². The quantitative estimate of drug-likeness (QED) is 0.447. The van der Waals surface area contributed by atoms with Gasteiger partial charge in [-0.25, -0.2) is 0 Å². The predicted molar refractivity (Wildman–Crippen MR) is 98.4 cm³/mol. The molecule has 2 rings (SSSR count). The van der Waals surface area contributed by atoms with Crippen molar-refractivity contribution in [1.29, 1.82) is 0 Å². The minimum Gasteiger partial charge on any atom is -0.373 e. The van der Waals surface area contributed by atoms with E-state index in [2.05, 4.69) is 39.4 Å². The number of guanidine groups is 1. The van der Waals surface area contributed by atoms with Gasteiger partial charge < -0.3 is 15.4 Å². The monoisotopic (exact) mass is 333 g/mol. The molecule has 2 atom stereocenters. The molecule has 1 aliphatic rings. The predicted octanol–water partition coefficient (Wildman–Crippen LogP) is 1.29. The summed E-state index contributed by atoms with van der Waals surface area (Å²) in [5.41, 5.74) is 1.09. The van der Waals surface area contributed by atoms with Crippen LogP contribution in [-0.4, -0.2) is 67.8 Å². The van der Waals surface area contributed by atoms with E-state index in [1.807, 2.05) is 24.4 Å². The molecule has 1 aromatic rings. The van der Waals surface area contributed by atoms with Gasteiger partial charge in [0.1, 0.15) is 0 Å². The molecule has 2 N–H and O–H groups in total. The van der Waals surface area contributed by atoms with Gasteiger partial charge in [-0.2, -0.15) is 0 Å². The van der Waals surface area contributed by atoms with Crippen molar-refractivity contribution in [3.8, 4) is 0 Å². The highest BCUT2D eigenvalue weighted by Crippen LogP contribution is 2.10. The number of rotatable bonds is 7. The van der Waals surface area contributed by atoms with Crippen molar-refractivity contribution in [3.05, 3.63) is 30.1 Å². The second kappa shape index (κ2) is 10.3. The van der Waals surface area contributed by atoms with Crippen molar-refractivity contribution >= 4 is 5.96 Å². The normalized spacial score (nSPS) is 22.4. The Morgan fingerprint density at radius 3 is 2.67 bits per heavy atom. The lowest BCUT2D eigenvalue weighted by Crippen LogP contribution is -2.46. The molecule has 6 heteroatoms. The molecule has 0 aromatic carbocycles. The maximum Gasteiger partial charge on any atom is 0.190 e. The smallest absolute Gasteiger partial charge is 0.190 e. The zero-order chi connectivity index (χ0) is 17.2. The lowest BCUT2D eigenvalue weighted by Gasteiger charge is -2.35. The Morgan fingerprint density at radius 2 is 2.00 bits per heavy atom. The number of aliphatic imine (C=N–C) groups is 1. The Labute approximate surface area is 145 Å². The fraction of sp³-hybridized carbons (Fsp3) is 0.667. The van der Waals surface area contributed by atoms with E-state index in [9.17, 15) is 0 Å². The van der Waals surface area contributed by atoms with Gasteiger partial charge in [0.25, 0.3) is 0 Å². The Kier molecular flexibility index (Phi) is 7.98. The van der Waals surface area contributed by atoms with Gasteiger partial charge >= 0.3 is 0 Å². The van der Waals surface area contributed by atoms with Crippen LogP contribution in [0.25, 0.3) is 0 Å². The summed E-state index contributed by atoms with van der Waals surface area (Å²) in [6.45, 7) is 9.19. The fourth-order valence-corrected chi connectivity index (χ4v) is 3.05. The zero-order valence-corrected chi connectivity index (χ0v) is 15.2. The maximum atomic E-state index is 5.77. The average Bonchev–Trinajstić information content (AvgIpc) is 2.57. The Morgan fingerprint density at radius 1 is 1.25 bits per heavy atom. The van der Waals surface area contributed by atoms with E-state index in [-0.39, 0.29) is 0 Å². The summed E-state index contributed by atoms with van der Waals surface area (Å²) in [7, 11) is 1.81. The van der Waals surface area contributed by atoms with E-state index in [4.69, 9.17) is 4.74 Å². The summed E-state index contributed by atoms with van der Waals surface area (Å²) in [4.78, 5) is 11.1.